The molecule has 0 spiro atoms. The highest BCUT2D eigenvalue weighted by molar-refractivity contribution is 7.86. The average Bonchev–Trinajstić information content (AvgIpc) is 2.64. The van der Waals surface area contributed by atoms with Crippen molar-refractivity contribution in [2.45, 2.75) is 4.90 Å². The van der Waals surface area contributed by atoms with Crippen molar-refractivity contribution in [1.29, 1.82) is 0 Å². The van der Waals surface area contributed by atoms with Crippen LogP contribution in [0.2, 0.25) is 0 Å². The zero-order chi connectivity index (χ0) is 20.1. The highest BCUT2D eigenvalue weighted by Gasteiger charge is 2.29. The van der Waals surface area contributed by atoms with Crippen molar-refractivity contribution in [2.24, 2.45) is 0 Å². The predicted octanol–water partition coefficient (Wildman–Crippen LogP) is 3.38. The summed E-state index contributed by atoms with van der Waals surface area (Å²) in [5.41, 5.74) is -1.11. The van der Waals surface area contributed by atoms with Crippen LogP contribution in [0, 0.1) is 48.0 Å². The minimum absolute atomic E-state index is 0.0734. The number of ether oxygens (including phenoxy) is 2. The molecule has 0 saturated carbocycles. The van der Waals surface area contributed by atoms with Gasteiger partial charge < -0.3 is 14.2 Å². The molecule has 0 radical (unpaired) electrons. The van der Waals surface area contributed by atoms with Gasteiger partial charge in [0.15, 0.2) is 45.8 Å². The van der Waals surface area contributed by atoms with Crippen LogP contribution in [-0.2, 0) is 11.0 Å². The van der Waals surface area contributed by atoms with Crippen LogP contribution in [0.4, 0.5) is 23.2 Å². The van der Waals surface area contributed by atoms with Gasteiger partial charge >= 0.3 is 0 Å². The molecular formula is C18H11F4NO3S. The van der Waals surface area contributed by atoms with E-state index in [0.717, 1.165) is 6.07 Å². The maximum atomic E-state index is 14.4. The normalized spacial score (nSPS) is 11.2. The van der Waals surface area contributed by atoms with Gasteiger partial charge in [0.25, 0.3) is 0 Å². The van der Waals surface area contributed by atoms with E-state index in [1.165, 1.54) is 19.2 Å². The fraction of sp³-hybridized carbons (Fsp3) is 0.111. The molecule has 0 amide bonds. The maximum Gasteiger partial charge on any atom is 0.185 e. The fourth-order valence-electron chi connectivity index (χ4n) is 2.04. The van der Waals surface area contributed by atoms with E-state index in [9.17, 15) is 21.8 Å². The Balaban J connectivity index is 2.53. The number of methoxy groups -OCH3 is 1. The van der Waals surface area contributed by atoms with Gasteiger partial charge in [-0.25, -0.2) is 21.8 Å². The van der Waals surface area contributed by atoms with Crippen LogP contribution in [0.3, 0.4) is 0 Å². The lowest BCUT2D eigenvalue weighted by molar-refractivity contribution is 0.326. The number of anilines is 1. The number of nitrogens with one attached hydrogen (secondary N) is 1. The van der Waals surface area contributed by atoms with Crippen molar-refractivity contribution in [3.63, 3.8) is 0 Å². The summed E-state index contributed by atoms with van der Waals surface area (Å²) in [6.45, 7) is -0.520. The molecule has 0 fully saturated rings. The van der Waals surface area contributed by atoms with Gasteiger partial charge in [-0.1, -0.05) is 11.8 Å². The monoisotopic (exact) mass is 397 g/mol. The summed E-state index contributed by atoms with van der Waals surface area (Å²) >= 11 is 0. The Hall–Kier alpha value is -3.17. The molecule has 0 saturated heterocycles. The smallest absolute Gasteiger partial charge is 0.185 e. The molecule has 140 valence electrons. The maximum absolute atomic E-state index is 14.4. The first-order chi connectivity index (χ1) is 12.8. The SMILES string of the molecule is C#CCOc1c(F)c(C#C)c(F)c(F)c1S(=O)Nc1ccc(OC)c(F)c1. The molecule has 0 aliphatic heterocycles. The van der Waals surface area contributed by atoms with Crippen LogP contribution >= 0.6 is 0 Å². The Labute approximate surface area is 155 Å². The van der Waals surface area contributed by atoms with Gasteiger partial charge in [-0.05, 0) is 12.1 Å². The molecule has 0 bridgehead atoms. The summed E-state index contributed by atoms with van der Waals surface area (Å²) in [7, 11) is -1.34. The number of halogens is 4. The molecule has 9 heteroatoms. The first kappa shape index (κ1) is 20.1. The van der Waals surface area contributed by atoms with Gasteiger partial charge in [0, 0.05) is 11.8 Å². The van der Waals surface area contributed by atoms with E-state index < -0.39 is 57.1 Å². The molecule has 0 aromatic heterocycles. The van der Waals surface area contributed by atoms with Gasteiger partial charge in [0.2, 0.25) is 0 Å². The Bertz CT molecular complexity index is 996. The second-order valence-electron chi connectivity index (χ2n) is 4.83. The summed E-state index contributed by atoms with van der Waals surface area (Å²) in [4.78, 5) is -0.990. The zero-order valence-corrected chi connectivity index (χ0v) is 14.6. The lowest BCUT2D eigenvalue weighted by Gasteiger charge is -2.15. The summed E-state index contributed by atoms with van der Waals surface area (Å²) in [6, 6.07) is 3.38. The Morgan fingerprint density at radius 2 is 1.85 bits per heavy atom. The van der Waals surface area contributed by atoms with Gasteiger partial charge in [-0.2, -0.15) is 0 Å². The second kappa shape index (κ2) is 8.47. The van der Waals surface area contributed by atoms with E-state index in [2.05, 4.69) is 4.72 Å². The summed E-state index contributed by atoms with van der Waals surface area (Å²) in [6.07, 6.45) is 9.98. The van der Waals surface area contributed by atoms with Crippen LogP contribution < -0.4 is 14.2 Å². The topological polar surface area (TPSA) is 47.6 Å². The van der Waals surface area contributed by atoms with Crippen LogP contribution in [0.1, 0.15) is 5.56 Å². The van der Waals surface area contributed by atoms with Crippen LogP contribution in [0.5, 0.6) is 11.5 Å². The molecule has 1 atom stereocenters. The van der Waals surface area contributed by atoms with Gasteiger partial charge in [-0.15, -0.1) is 12.8 Å². The van der Waals surface area contributed by atoms with Gasteiger partial charge in [0.1, 0.15) is 17.1 Å². The molecule has 2 aromatic rings. The van der Waals surface area contributed by atoms with Gasteiger partial charge in [0.05, 0.1) is 7.11 Å². The fourth-order valence-corrected chi connectivity index (χ4v) is 3.05. The van der Waals surface area contributed by atoms with Gasteiger partial charge in [-0.3, -0.25) is 0 Å². The number of hydrogen-bond acceptors (Lipinski definition) is 3. The molecular weight excluding hydrogens is 386 g/mol. The highest BCUT2D eigenvalue weighted by atomic mass is 32.2. The van der Waals surface area contributed by atoms with Crippen LogP contribution in [0.25, 0.3) is 0 Å². The molecule has 4 nitrogen and oxygen atoms in total. The molecule has 1 unspecified atom stereocenters. The highest BCUT2D eigenvalue weighted by Crippen LogP contribution is 2.34. The standard InChI is InChI=1S/C18H11F4NO3S/c1-4-8-26-17-15(21)11(5-2)14(20)16(22)18(17)27(24)23-10-6-7-13(25-3)12(19)9-10/h1-2,6-7,9,23H,8H2,3H3. The second-order valence-corrected chi connectivity index (χ2v) is 5.98. The van der Waals surface area contributed by atoms with E-state index in [0.29, 0.717) is 0 Å². The van der Waals surface area contributed by atoms with Crippen molar-refractivity contribution in [2.75, 3.05) is 18.4 Å². The van der Waals surface area contributed by atoms with Crippen molar-refractivity contribution in [3.8, 4) is 36.2 Å². The van der Waals surface area contributed by atoms with Crippen molar-refractivity contribution in [1.82, 2.24) is 0 Å². The third kappa shape index (κ3) is 3.99. The molecule has 2 aromatic carbocycles. The van der Waals surface area contributed by atoms with Crippen molar-refractivity contribution >= 4 is 16.7 Å². The minimum atomic E-state index is -2.58. The van der Waals surface area contributed by atoms with E-state index in [4.69, 9.17) is 22.3 Å². The summed E-state index contributed by atoms with van der Waals surface area (Å²) in [5, 5.41) is 0. The molecule has 27 heavy (non-hydrogen) atoms. The van der Waals surface area contributed by atoms with Crippen LogP contribution in [-0.4, -0.2) is 17.9 Å². The lowest BCUT2D eigenvalue weighted by Crippen LogP contribution is -2.14. The van der Waals surface area contributed by atoms with Crippen LogP contribution in [0.15, 0.2) is 23.1 Å². The first-order valence-electron chi connectivity index (χ1n) is 7.10. The quantitative estimate of drug-likeness (QED) is 0.462. The van der Waals surface area contributed by atoms with E-state index in [1.54, 1.807) is 5.92 Å². The molecule has 0 aliphatic carbocycles. The summed E-state index contributed by atoms with van der Waals surface area (Å²) in [5.74, 6) is -2.96. The number of hydrogen-bond donors (Lipinski definition) is 1. The van der Waals surface area contributed by atoms with Crippen molar-refractivity contribution in [3.05, 3.63) is 47.0 Å². The minimum Gasteiger partial charge on any atom is -0.494 e. The zero-order valence-electron chi connectivity index (χ0n) is 13.7. The number of terminal acetylenes is 2. The molecule has 0 heterocycles. The van der Waals surface area contributed by atoms with E-state index in [1.807, 2.05) is 5.92 Å². The first-order valence-corrected chi connectivity index (χ1v) is 8.25. The largest absolute Gasteiger partial charge is 0.494 e. The van der Waals surface area contributed by atoms with Crippen molar-refractivity contribution < 1.29 is 31.2 Å². The molecule has 1 N–H and O–H groups in total. The molecule has 0 aliphatic rings. The van der Waals surface area contributed by atoms with E-state index in [-0.39, 0.29) is 11.4 Å². The predicted molar refractivity (Wildman–Crippen MR) is 91.6 cm³/mol. The third-order valence-corrected chi connectivity index (χ3v) is 4.39. The number of rotatable bonds is 6. The summed E-state index contributed by atoms with van der Waals surface area (Å²) < 4.78 is 80.8. The number of benzene rings is 2. The Morgan fingerprint density at radius 3 is 2.41 bits per heavy atom. The Kier molecular flexibility index (Phi) is 6.32. The average molecular weight is 397 g/mol. The molecule has 2 rings (SSSR count). The third-order valence-electron chi connectivity index (χ3n) is 3.23. The lowest BCUT2D eigenvalue weighted by atomic mass is 10.2. The van der Waals surface area contributed by atoms with E-state index >= 15 is 0 Å². The Morgan fingerprint density at radius 1 is 1.15 bits per heavy atom.